The van der Waals surface area contributed by atoms with E-state index in [1.54, 1.807) is 0 Å². The molecule has 0 aliphatic carbocycles. The van der Waals surface area contributed by atoms with Crippen LogP contribution in [0.4, 0.5) is 11.8 Å². The molecule has 0 saturated heterocycles. The normalized spacial score (nSPS) is 11.1. The first-order valence-corrected chi connectivity index (χ1v) is 6.94. The van der Waals surface area contributed by atoms with Crippen molar-refractivity contribution in [3.05, 3.63) is 11.8 Å². The van der Waals surface area contributed by atoms with Gasteiger partial charge in [0.2, 0.25) is 11.9 Å². The molecule has 0 aliphatic rings. The van der Waals surface area contributed by atoms with E-state index in [-0.39, 0.29) is 18.0 Å². The van der Waals surface area contributed by atoms with Crippen LogP contribution in [0.15, 0.2) is 6.07 Å². The summed E-state index contributed by atoms with van der Waals surface area (Å²) >= 11 is 0. The zero-order valence-electron chi connectivity index (χ0n) is 13.0. The highest BCUT2D eigenvalue weighted by Gasteiger charge is 2.13. The molecule has 1 rings (SSSR count). The third kappa shape index (κ3) is 6.36. The molecule has 20 heavy (non-hydrogen) atoms. The van der Waals surface area contributed by atoms with Gasteiger partial charge < -0.3 is 16.0 Å². The van der Waals surface area contributed by atoms with Gasteiger partial charge in [0, 0.05) is 23.8 Å². The maximum Gasteiger partial charge on any atom is 0.239 e. The Hall–Kier alpha value is -1.85. The number of hydrogen-bond acceptors (Lipinski definition) is 5. The van der Waals surface area contributed by atoms with Crippen molar-refractivity contribution in [2.45, 2.75) is 46.6 Å². The Balaban J connectivity index is 2.59. The van der Waals surface area contributed by atoms with Crippen LogP contribution in [-0.2, 0) is 4.79 Å². The molecule has 0 saturated carbocycles. The number of amides is 1. The molecule has 1 aromatic rings. The fraction of sp³-hybridized carbons (Fsp3) is 0.643. The number of anilines is 2. The highest BCUT2D eigenvalue weighted by molar-refractivity contribution is 5.81. The number of rotatable bonds is 6. The van der Waals surface area contributed by atoms with Crippen LogP contribution in [0.2, 0.25) is 0 Å². The zero-order valence-corrected chi connectivity index (χ0v) is 13.0. The molecular formula is C14H25N5O. The quantitative estimate of drug-likeness (QED) is 0.741. The molecule has 1 aromatic heterocycles. The standard InChI is InChI=1S/C14H25N5O/c1-6-7-15-13-17-10(2)8-11(18-13)16-9-12(20)19-14(3,4)5/h8H,6-7,9H2,1-5H3,(H,19,20)(H2,15,16,17,18). The third-order valence-electron chi connectivity index (χ3n) is 2.33. The second-order valence-corrected chi connectivity index (χ2v) is 5.80. The molecule has 0 aliphatic heterocycles. The van der Waals surface area contributed by atoms with E-state index in [4.69, 9.17) is 0 Å². The van der Waals surface area contributed by atoms with Crippen LogP contribution in [0.3, 0.4) is 0 Å². The highest BCUT2D eigenvalue weighted by Crippen LogP contribution is 2.09. The number of aromatic nitrogens is 2. The van der Waals surface area contributed by atoms with Crippen LogP contribution in [0.25, 0.3) is 0 Å². The number of nitrogens with zero attached hydrogens (tertiary/aromatic N) is 2. The summed E-state index contributed by atoms with van der Waals surface area (Å²) in [6.07, 6.45) is 1.01. The smallest absolute Gasteiger partial charge is 0.239 e. The number of nitrogens with one attached hydrogen (secondary N) is 3. The zero-order chi connectivity index (χ0) is 15.2. The Kier molecular flexibility index (Phi) is 5.73. The molecule has 6 nitrogen and oxygen atoms in total. The topological polar surface area (TPSA) is 78.9 Å². The fourth-order valence-corrected chi connectivity index (χ4v) is 1.61. The van der Waals surface area contributed by atoms with Crippen molar-refractivity contribution < 1.29 is 4.79 Å². The van der Waals surface area contributed by atoms with E-state index < -0.39 is 0 Å². The predicted octanol–water partition coefficient (Wildman–Crippen LogP) is 1.93. The Morgan fingerprint density at radius 3 is 2.55 bits per heavy atom. The average molecular weight is 279 g/mol. The van der Waals surface area contributed by atoms with Crippen molar-refractivity contribution in [1.29, 1.82) is 0 Å². The minimum Gasteiger partial charge on any atom is -0.361 e. The van der Waals surface area contributed by atoms with Crippen LogP contribution in [-0.4, -0.2) is 34.5 Å². The first kappa shape index (κ1) is 16.2. The first-order chi connectivity index (χ1) is 9.30. The number of aryl methyl sites for hydroxylation is 1. The highest BCUT2D eigenvalue weighted by atomic mass is 16.2. The van der Waals surface area contributed by atoms with E-state index in [1.807, 2.05) is 33.8 Å². The van der Waals surface area contributed by atoms with Crippen LogP contribution >= 0.6 is 0 Å². The number of hydrogen-bond donors (Lipinski definition) is 3. The van der Waals surface area contributed by atoms with Crippen LogP contribution in [0, 0.1) is 6.92 Å². The van der Waals surface area contributed by atoms with Gasteiger partial charge in [-0.15, -0.1) is 0 Å². The maximum absolute atomic E-state index is 11.7. The van der Waals surface area contributed by atoms with Gasteiger partial charge in [0.1, 0.15) is 5.82 Å². The van der Waals surface area contributed by atoms with Crippen LogP contribution in [0.1, 0.15) is 39.8 Å². The molecule has 0 aromatic carbocycles. The molecule has 1 heterocycles. The summed E-state index contributed by atoms with van der Waals surface area (Å²) in [7, 11) is 0. The number of carbonyl (C=O) groups excluding carboxylic acids is 1. The summed E-state index contributed by atoms with van der Waals surface area (Å²) in [6, 6.07) is 1.82. The molecule has 6 heteroatoms. The lowest BCUT2D eigenvalue weighted by Crippen LogP contribution is -2.43. The van der Waals surface area contributed by atoms with Crippen molar-refractivity contribution in [3.8, 4) is 0 Å². The third-order valence-corrected chi connectivity index (χ3v) is 2.33. The summed E-state index contributed by atoms with van der Waals surface area (Å²) in [4.78, 5) is 20.4. The molecule has 112 valence electrons. The molecule has 1 amide bonds. The minimum atomic E-state index is -0.228. The van der Waals surface area contributed by atoms with Gasteiger partial charge in [-0.3, -0.25) is 4.79 Å². The van der Waals surface area contributed by atoms with Crippen LogP contribution in [0.5, 0.6) is 0 Å². The average Bonchev–Trinajstić information content (AvgIpc) is 2.31. The molecule has 3 N–H and O–H groups in total. The van der Waals surface area contributed by atoms with Gasteiger partial charge in [-0.1, -0.05) is 6.92 Å². The van der Waals surface area contributed by atoms with E-state index in [0.29, 0.717) is 11.8 Å². The summed E-state index contributed by atoms with van der Waals surface area (Å²) in [6.45, 7) is 10.9. The molecule has 0 fully saturated rings. The summed E-state index contributed by atoms with van der Waals surface area (Å²) < 4.78 is 0. The first-order valence-electron chi connectivity index (χ1n) is 6.94. The fourth-order valence-electron chi connectivity index (χ4n) is 1.61. The van der Waals surface area contributed by atoms with Crippen molar-refractivity contribution in [2.24, 2.45) is 0 Å². The van der Waals surface area contributed by atoms with E-state index in [1.165, 1.54) is 0 Å². The summed E-state index contributed by atoms with van der Waals surface area (Å²) in [5.41, 5.74) is 0.631. The molecule has 0 bridgehead atoms. The Labute approximate surface area is 120 Å². The van der Waals surface area contributed by atoms with E-state index in [2.05, 4.69) is 32.8 Å². The Bertz CT molecular complexity index is 453. The predicted molar refractivity (Wildman–Crippen MR) is 81.9 cm³/mol. The van der Waals surface area contributed by atoms with Gasteiger partial charge in [-0.05, 0) is 34.1 Å². The van der Waals surface area contributed by atoms with Gasteiger partial charge in [0.05, 0.1) is 6.54 Å². The summed E-state index contributed by atoms with van der Waals surface area (Å²) in [5.74, 6) is 1.18. The van der Waals surface area contributed by atoms with Gasteiger partial charge in [0.15, 0.2) is 0 Å². The van der Waals surface area contributed by atoms with Crippen molar-refractivity contribution in [1.82, 2.24) is 15.3 Å². The Morgan fingerprint density at radius 1 is 1.25 bits per heavy atom. The lowest BCUT2D eigenvalue weighted by atomic mass is 10.1. The SMILES string of the molecule is CCCNc1nc(C)cc(NCC(=O)NC(C)(C)C)n1. The van der Waals surface area contributed by atoms with Gasteiger partial charge >= 0.3 is 0 Å². The second kappa shape index (κ2) is 7.07. The molecule has 0 radical (unpaired) electrons. The lowest BCUT2D eigenvalue weighted by molar-refractivity contribution is -0.120. The van der Waals surface area contributed by atoms with E-state index in [9.17, 15) is 4.79 Å². The van der Waals surface area contributed by atoms with Gasteiger partial charge in [0.25, 0.3) is 0 Å². The van der Waals surface area contributed by atoms with E-state index in [0.717, 1.165) is 18.7 Å². The summed E-state index contributed by atoms with van der Waals surface area (Å²) in [5, 5.41) is 9.05. The monoisotopic (exact) mass is 279 g/mol. The van der Waals surface area contributed by atoms with Crippen molar-refractivity contribution in [2.75, 3.05) is 23.7 Å². The van der Waals surface area contributed by atoms with Crippen molar-refractivity contribution in [3.63, 3.8) is 0 Å². The maximum atomic E-state index is 11.7. The number of carbonyl (C=O) groups is 1. The lowest BCUT2D eigenvalue weighted by Gasteiger charge is -2.20. The Morgan fingerprint density at radius 2 is 1.95 bits per heavy atom. The van der Waals surface area contributed by atoms with Gasteiger partial charge in [-0.2, -0.15) is 4.98 Å². The largest absolute Gasteiger partial charge is 0.361 e. The van der Waals surface area contributed by atoms with Crippen LogP contribution < -0.4 is 16.0 Å². The second-order valence-electron chi connectivity index (χ2n) is 5.80. The molecule has 0 atom stereocenters. The molecular weight excluding hydrogens is 254 g/mol. The molecule has 0 unspecified atom stereocenters. The van der Waals surface area contributed by atoms with Gasteiger partial charge in [-0.25, -0.2) is 4.98 Å². The van der Waals surface area contributed by atoms with E-state index >= 15 is 0 Å². The molecule has 0 spiro atoms. The van der Waals surface area contributed by atoms with Crippen molar-refractivity contribution >= 4 is 17.7 Å². The minimum absolute atomic E-state index is 0.0585.